The molecular weight excluding hydrogens is 326 g/mol. The Bertz CT molecular complexity index is 393. The molecule has 4 nitrogen and oxygen atoms in total. The van der Waals surface area contributed by atoms with Crippen LogP contribution in [0.3, 0.4) is 0 Å². The molecule has 0 radical (unpaired) electrons. The summed E-state index contributed by atoms with van der Waals surface area (Å²) in [6.07, 6.45) is 7.36. The van der Waals surface area contributed by atoms with Gasteiger partial charge in [-0.15, -0.1) is 0 Å². The lowest BCUT2D eigenvalue weighted by molar-refractivity contribution is -0.197. The standard InChI is InChI=1S/C18H34O2.C4H11NO/c1-7-15-12-19-18(20-15)10-8-14(9-11-18)17(5,6)13-16(2,3)4;1-4(2)5-6-3/h14-15H,7-13H2,1-6H3;4-5H,1-3H3. The molecule has 4 heteroatoms. The van der Waals surface area contributed by atoms with Gasteiger partial charge in [0.25, 0.3) is 0 Å². The van der Waals surface area contributed by atoms with Gasteiger partial charge in [0.2, 0.25) is 0 Å². The highest BCUT2D eigenvalue weighted by molar-refractivity contribution is 4.91. The fourth-order valence-electron chi connectivity index (χ4n) is 4.67. The number of hydroxylamine groups is 1. The lowest BCUT2D eigenvalue weighted by atomic mass is 9.64. The van der Waals surface area contributed by atoms with Crippen molar-refractivity contribution < 1.29 is 14.3 Å². The normalized spacial score (nSPS) is 29.8. The Hall–Kier alpha value is -0.160. The quantitative estimate of drug-likeness (QED) is 0.629. The van der Waals surface area contributed by atoms with Gasteiger partial charge >= 0.3 is 0 Å². The van der Waals surface area contributed by atoms with Crippen molar-refractivity contribution in [2.45, 2.75) is 112 Å². The minimum absolute atomic E-state index is 0.227. The van der Waals surface area contributed by atoms with E-state index in [0.717, 1.165) is 31.8 Å². The molecular formula is C22H45NO3. The Morgan fingerprint density at radius 3 is 2.04 bits per heavy atom. The molecule has 1 unspecified atom stereocenters. The van der Waals surface area contributed by atoms with Crippen LogP contribution in [0.5, 0.6) is 0 Å². The molecule has 0 bridgehead atoms. The van der Waals surface area contributed by atoms with Crippen molar-refractivity contribution in [3.05, 3.63) is 0 Å². The van der Waals surface area contributed by atoms with Crippen LogP contribution in [0.1, 0.15) is 93.9 Å². The van der Waals surface area contributed by atoms with E-state index in [1.807, 2.05) is 13.8 Å². The third kappa shape index (κ3) is 7.84. The summed E-state index contributed by atoms with van der Waals surface area (Å²) >= 11 is 0. The minimum Gasteiger partial charge on any atom is -0.347 e. The van der Waals surface area contributed by atoms with Crippen LogP contribution in [-0.4, -0.2) is 31.6 Å². The zero-order valence-corrected chi connectivity index (χ0v) is 18.9. The van der Waals surface area contributed by atoms with Gasteiger partial charge in [0, 0.05) is 18.9 Å². The van der Waals surface area contributed by atoms with Gasteiger partial charge in [-0.3, -0.25) is 0 Å². The van der Waals surface area contributed by atoms with Crippen molar-refractivity contribution in [2.24, 2.45) is 16.7 Å². The molecule has 2 rings (SSSR count). The van der Waals surface area contributed by atoms with E-state index in [1.54, 1.807) is 7.11 Å². The van der Waals surface area contributed by atoms with Crippen LogP contribution in [0.25, 0.3) is 0 Å². The predicted molar refractivity (Wildman–Crippen MR) is 109 cm³/mol. The summed E-state index contributed by atoms with van der Waals surface area (Å²) in [4.78, 5) is 4.55. The van der Waals surface area contributed by atoms with Gasteiger partial charge in [-0.25, -0.2) is 5.48 Å². The highest BCUT2D eigenvalue weighted by atomic mass is 16.7. The van der Waals surface area contributed by atoms with Gasteiger partial charge in [0.15, 0.2) is 5.79 Å². The SMILES string of the molecule is CCC1COC2(CCC(C(C)(C)CC(C)(C)C)CC2)O1.CONC(C)C. The van der Waals surface area contributed by atoms with Gasteiger partial charge in [-0.05, 0) is 56.3 Å². The van der Waals surface area contributed by atoms with E-state index in [0.29, 0.717) is 23.0 Å². The van der Waals surface area contributed by atoms with Crippen molar-refractivity contribution in [3.8, 4) is 0 Å². The molecule has 1 aliphatic heterocycles. The van der Waals surface area contributed by atoms with Crippen molar-refractivity contribution in [3.63, 3.8) is 0 Å². The average Bonchev–Trinajstić information content (AvgIpc) is 2.89. The molecule has 2 aliphatic rings. The van der Waals surface area contributed by atoms with Gasteiger partial charge < -0.3 is 14.3 Å². The van der Waals surface area contributed by atoms with Crippen LogP contribution in [0.2, 0.25) is 0 Å². The smallest absolute Gasteiger partial charge is 0.168 e. The summed E-state index contributed by atoms with van der Waals surface area (Å²) in [5.41, 5.74) is 3.54. The van der Waals surface area contributed by atoms with E-state index in [-0.39, 0.29) is 5.79 Å². The molecule has 1 aliphatic carbocycles. The Morgan fingerprint density at radius 1 is 1.12 bits per heavy atom. The first-order chi connectivity index (χ1) is 11.9. The number of nitrogens with one attached hydrogen (secondary N) is 1. The maximum absolute atomic E-state index is 6.18. The monoisotopic (exact) mass is 371 g/mol. The van der Waals surface area contributed by atoms with Crippen molar-refractivity contribution in [1.82, 2.24) is 5.48 Å². The fourth-order valence-corrected chi connectivity index (χ4v) is 4.67. The molecule has 1 saturated carbocycles. The molecule has 1 spiro atoms. The maximum Gasteiger partial charge on any atom is 0.168 e. The summed E-state index contributed by atoms with van der Waals surface area (Å²) < 4.78 is 12.2. The predicted octanol–water partition coefficient (Wildman–Crippen LogP) is 5.71. The molecule has 1 saturated heterocycles. The Kier molecular flexibility index (Phi) is 9.06. The first-order valence-corrected chi connectivity index (χ1v) is 10.5. The van der Waals surface area contributed by atoms with E-state index < -0.39 is 0 Å². The maximum atomic E-state index is 6.18. The molecule has 1 N–H and O–H groups in total. The second kappa shape index (κ2) is 9.86. The molecule has 1 atom stereocenters. The molecule has 26 heavy (non-hydrogen) atoms. The van der Waals surface area contributed by atoms with Crippen molar-refractivity contribution >= 4 is 0 Å². The number of ether oxygens (including phenoxy) is 2. The van der Waals surface area contributed by atoms with Crippen LogP contribution < -0.4 is 5.48 Å². The highest BCUT2D eigenvalue weighted by Crippen LogP contribution is 2.49. The largest absolute Gasteiger partial charge is 0.347 e. The summed E-state index contributed by atoms with van der Waals surface area (Å²) in [6, 6.07) is 0.426. The number of rotatable bonds is 5. The van der Waals surface area contributed by atoms with Crippen LogP contribution in [0.4, 0.5) is 0 Å². The third-order valence-corrected chi connectivity index (χ3v) is 5.56. The summed E-state index contributed by atoms with van der Waals surface area (Å²) in [6.45, 7) is 19.0. The van der Waals surface area contributed by atoms with Gasteiger partial charge in [0.1, 0.15) is 0 Å². The van der Waals surface area contributed by atoms with E-state index in [1.165, 1.54) is 19.3 Å². The Labute approximate surface area is 162 Å². The van der Waals surface area contributed by atoms with E-state index in [4.69, 9.17) is 9.47 Å². The highest BCUT2D eigenvalue weighted by Gasteiger charge is 2.46. The molecule has 1 heterocycles. The van der Waals surface area contributed by atoms with Crippen molar-refractivity contribution in [2.75, 3.05) is 13.7 Å². The number of hydrogen-bond acceptors (Lipinski definition) is 4. The zero-order valence-electron chi connectivity index (χ0n) is 18.9. The van der Waals surface area contributed by atoms with Crippen LogP contribution in [0, 0.1) is 16.7 Å². The number of hydrogen-bond donors (Lipinski definition) is 1. The molecule has 0 aromatic rings. The Morgan fingerprint density at radius 2 is 1.69 bits per heavy atom. The first kappa shape index (κ1) is 23.9. The lowest BCUT2D eigenvalue weighted by Gasteiger charge is -2.45. The van der Waals surface area contributed by atoms with Crippen LogP contribution in [-0.2, 0) is 14.3 Å². The third-order valence-electron chi connectivity index (χ3n) is 5.56. The van der Waals surface area contributed by atoms with Crippen molar-refractivity contribution in [1.29, 1.82) is 0 Å². The van der Waals surface area contributed by atoms with Crippen LogP contribution >= 0.6 is 0 Å². The summed E-state index contributed by atoms with van der Waals surface area (Å²) in [5, 5.41) is 0. The second-order valence-corrected chi connectivity index (χ2v) is 10.3. The summed E-state index contributed by atoms with van der Waals surface area (Å²) in [5.74, 6) is 0.579. The summed E-state index contributed by atoms with van der Waals surface area (Å²) in [7, 11) is 1.61. The van der Waals surface area contributed by atoms with Gasteiger partial charge in [-0.1, -0.05) is 41.5 Å². The molecule has 0 aromatic heterocycles. The lowest BCUT2D eigenvalue weighted by Crippen LogP contribution is -2.40. The average molecular weight is 372 g/mol. The topological polar surface area (TPSA) is 39.7 Å². The van der Waals surface area contributed by atoms with E-state index >= 15 is 0 Å². The molecule has 0 amide bonds. The molecule has 0 aromatic carbocycles. The zero-order chi connectivity index (χ0) is 20.0. The van der Waals surface area contributed by atoms with E-state index in [2.05, 4.69) is 51.9 Å². The molecule has 156 valence electrons. The molecule has 2 fully saturated rings. The van der Waals surface area contributed by atoms with E-state index in [9.17, 15) is 0 Å². The first-order valence-electron chi connectivity index (χ1n) is 10.5. The minimum atomic E-state index is -0.227. The van der Waals surface area contributed by atoms with Crippen LogP contribution in [0.15, 0.2) is 0 Å². The van der Waals surface area contributed by atoms with Gasteiger partial charge in [-0.2, -0.15) is 0 Å². The fraction of sp³-hybridized carbons (Fsp3) is 1.00. The Balaban J connectivity index is 0.000000487. The second-order valence-electron chi connectivity index (χ2n) is 10.3. The van der Waals surface area contributed by atoms with Gasteiger partial charge in [0.05, 0.1) is 19.8 Å².